The Balaban J connectivity index is 1.86. The molecular weight excluding hydrogens is 278 g/mol. The van der Waals surface area contributed by atoms with Crippen LogP contribution in [0.5, 0.6) is 0 Å². The van der Waals surface area contributed by atoms with E-state index in [1.807, 2.05) is 42.2 Å². The number of amides is 1. The summed E-state index contributed by atoms with van der Waals surface area (Å²) in [6, 6.07) is 9.99. The van der Waals surface area contributed by atoms with Crippen molar-refractivity contribution in [1.82, 2.24) is 4.90 Å². The van der Waals surface area contributed by atoms with Crippen molar-refractivity contribution in [2.45, 2.75) is 51.6 Å². The van der Waals surface area contributed by atoms with Gasteiger partial charge >= 0.3 is 5.97 Å². The van der Waals surface area contributed by atoms with Crippen molar-refractivity contribution in [1.29, 1.82) is 0 Å². The monoisotopic (exact) mass is 301 g/mol. The van der Waals surface area contributed by atoms with Crippen LogP contribution >= 0.6 is 0 Å². The number of fused-ring (bicyclic) bond motifs is 1. The summed E-state index contributed by atoms with van der Waals surface area (Å²) in [4.78, 5) is 26.9. The lowest BCUT2D eigenvalue weighted by molar-refractivity contribution is -0.166. The Hall–Kier alpha value is -1.84. The summed E-state index contributed by atoms with van der Waals surface area (Å²) in [6.07, 6.45) is 3.82. The van der Waals surface area contributed by atoms with Crippen LogP contribution in [0, 0.1) is 5.41 Å². The van der Waals surface area contributed by atoms with Gasteiger partial charge in [0.2, 0.25) is 5.91 Å². The van der Waals surface area contributed by atoms with Crippen LogP contribution in [-0.4, -0.2) is 29.4 Å². The van der Waals surface area contributed by atoms with Crippen LogP contribution in [0.15, 0.2) is 30.3 Å². The number of nitrogens with zero attached hydrogens (tertiary/aromatic N) is 1. The minimum absolute atomic E-state index is 0.00648. The summed E-state index contributed by atoms with van der Waals surface area (Å²) in [6.45, 7) is 2.83. The highest BCUT2D eigenvalue weighted by Gasteiger charge is 2.55. The van der Waals surface area contributed by atoms with Crippen molar-refractivity contribution >= 4 is 11.9 Å². The number of hydrogen-bond donors (Lipinski definition) is 0. The predicted molar refractivity (Wildman–Crippen MR) is 82.9 cm³/mol. The van der Waals surface area contributed by atoms with Crippen LogP contribution in [0.2, 0.25) is 0 Å². The van der Waals surface area contributed by atoms with Crippen molar-refractivity contribution in [3.8, 4) is 0 Å². The maximum Gasteiger partial charge on any atom is 0.314 e. The summed E-state index contributed by atoms with van der Waals surface area (Å²) >= 11 is 0. The lowest BCUT2D eigenvalue weighted by atomic mass is 9.74. The molecule has 4 nitrogen and oxygen atoms in total. The molecule has 2 fully saturated rings. The molecule has 0 bridgehead atoms. The van der Waals surface area contributed by atoms with E-state index in [9.17, 15) is 9.59 Å². The van der Waals surface area contributed by atoms with E-state index in [0.717, 1.165) is 24.8 Å². The molecule has 2 atom stereocenters. The lowest BCUT2D eigenvalue weighted by Crippen LogP contribution is -2.55. The SMILES string of the molecule is CCOC(=O)[C@]12CCC[C@H]1N(Cc1ccccc1)C(=O)CC2. The van der Waals surface area contributed by atoms with E-state index < -0.39 is 5.41 Å². The summed E-state index contributed by atoms with van der Waals surface area (Å²) in [5, 5.41) is 0. The van der Waals surface area contributed by atoms with Gasteiger partial charge in [-0.2, -0.15) is 0 Å². The highest BCUT2D eigenvalue weighted by molar-refractivity contribution is 5.85. The number of likely N-dealkylation sites (tertiary alicyclic amines) is 1. The van der Waals surface area contributed by atoms with Gasteiger partial charge in [0.15, 0.2) is 0 Å². The van der Waals surface area contributed by atoms with Crippen LogP contribution in [0.3, 0.4) is 0 Å². The largest absolute Gasteiger partial charge is 0.466 e. The van der Waals surface area contributed by atoms with E-state index in [2.05, 4.69) is 0 Å². The molecule has 1 amide bonds. The van der Waals surface area contributed by atoms with Gasteiger partial charge in [0.05, 0.1) is 12.0 Å². The molecule has 4 heteroatoms. The molecule has 0 spiro atoms. The number of carbonyl (C=O) groups is 2. The Labute approximate surface area is 131 Å². The molecule has 1 saturated carbocycles. The molecule has 1 saturated heterocycles. The normalized spacial score (nSPS) is 27.6. The van der Waals surface area contributed by atoms with E-state index in [0.29, 0.717) is 26.0 Å². The maximum atomic E-state index is 12.5. The van der Waals surface area contributed by atoms with E-state index in [-0.39, 0.29) is 17.9 Å². The van der Waals surface area contributed by atoms with E-state index >= 15 is 0 Å². The topological polar surface area (TPSA) is 46.6 Å². The average Bonchev–Trinajstić information content (AvgIpc) is 2.97. The minimum atomic E-state index is -0.474. The van der Waals surface area contributed by atoms with Gasteiger partial charge in [-0.25, -0.2) is 0 Å². The van der Waals surface area contributed by atoms with E-state index in [4.69, 9.17) is 4.74 Å². The standard InChI is InChI=1S/C18H23NO3/c1-2-22-17(21)18-11-6-9-15(18)19(16(20)10-12-18)13-14-7-4-3-5-8-14/h3-5,7-8,15H,2,6,9-13H2,1H3/t15-,18+/m1/s1. The van der Waals surface area contributed by atoms with E-state index in [1.165, 1.54) is 0 Å². The second kappa shape index (κ2) is 6.11. The van der Waals surface area contributed by atoms with Crippen molar-refractivity contribution in [2.24, 2.45) is 5.41 Å². The summed E-state index contributed by atoms with van der Waals surface area (Å²) < 4.78 is 5.34. The van der Waals surface area contributed by atoms with E-state index in [1.54, 1.807) is 0 Å². The highest BCUT2D eigenvalue weighted by atomic mass is 16.5. The smallest absolute Gasteiger partial charge is 0.314 e. The first-order valence-corrected chi connectivity index (χ1v) is 8.18. The molecule has 1 aromatic carbocycles. The van der Waals surface area contributed by atoms with Crippen molar-refractivity contribution < 1.29 is 14.3 Å². The molecule has 1 aromatic rings. The van der Waals surface area contributed by atoms with Gasteiger partial charge in [-0.3, -0.25) is 9.59 Å². The Kier molecular flexibility index (Phi) is 4.19. The Morgan fingerprint density at radius 1 is 1.32 bits per heavy atom. The second-order valence-corrected chi connectivity index (χ2v) is 6.29. The molecule has 1 aliphatic carbocycles. The summed E-state index contributed by atoms with van der Waals surface area (Å²) in [5.41, 5.74) is 0.640. The van der Waals surface area contributed by atoms with Gasteiger partial charge in [0, 0.05) is 19.0 Å². The maximum absolute atomic E-state index is 12.5. The van der Waals surface area contributed by atoms with Gasteiger partial charge < -0.3 is 9.64 Å². The van der Waals surface area contributed by atoms with Crippen LogP contribution in [0.25, 0.3) is 0 Å². The van der Waals surface area contributed by atoms with Crippen molar-refractivity contribution in [2.75, 3.05) is 6.61 Å². The van der Waals surface area contributed by atoms with Gasteiger partial charge in [-0.15, -0.1) is 0 Å². The Bertz CT molecular complexity index is 557. The van der Waals surface area contributed by atoms with Gasteiger partial charge in [-0.1, -0.05) is 36.8 Å². The van der Waals surface area contributed by atoms with Crippen LogP contribution < -0.4 is 0 Å². The first kappa shape index (κ1) is 15.1. The fourth-order valence-electron chi connectivity index (χ4n) is 4.04. The quantitative estimate of drug-likeness (QED) is 0.803. The third-order valence-electron chi connectivity index (χ3n) is 5.10. The molecule has 2 aliphatic rings. The zero-order chi connectivity index (χ0) is 15.6. The minimum Gasteiger partial charge on any atom is -0.466 e. The lowest BCUT2D eigenvalue weighted by Gasteiger charge is -2.44. The average molecular weight is 301 g/mol. The number of ether oxygens (including phenoxy) is 1. The second-order valence-electron chi connectivity index (χ2n) is 6.29. The fraction of sp³-hybridized carbons (Fsp3) is 0.556. The number of benzene rings is 1. The first-order chi connectivity index (χ1) is 10.7. The molecular formula is C18H23NO3. The van der Waals surface area contributed by atoms with Crippen LogP contribution in [0.4, 0.5) is 0 Å². The molecule has 0 unspecified atom stereocenters. The van der Waals surface area contributed by atoms with Crippen molar-refractivity contribution in [3.63, 3.8) is 0 Å². The molecule has 118 valence electrons. The number of hydrogen-bond acceptors (Lipinski definition) is 3. The molecule has 0 aromatic heterocycles. The zero-order valence-corrected chi connectivity index (χ0v) is 13.1. The number of carbonyl (C=O) groups excluding carboxylic acids is 2. The highest BCUT2D eigenvalue weighted by Crippen LogP contribution is 2.49. The Morgan fingerprint density at radius 2 is 2.09 bits per heavy atom. The fourth-order valence-corrected chi connectivity index (χ4v) is 4.04. The molecule has 1 aliphatic heterocycles. The Morgan fingerprint density at radius 3 is 2.82 bits per heavy atom. The zero-order valence-electron chi connectivity index (χ0n) is 13.1. The summed E-state index contributed by atoms with van der Waals surface area (Å²) in [5.74, 6) is 0.0544. The molecule has 1 heterocycles. The predicted octanol–water partition coefficient (Wildman–Crippen LogP) is 2.91. The summed E-state index contributed by atoms with van der Waals surface area (Å²) in [7, 11) is 0. The molecule has 0 radical (unpaired) electrons. The van der Waals surface area contributed by atoms with Gasteiger partial charge in [0.25, 0.3) is 0 Å². The molecule has 0 N–H and O–H groups in total. The number of piperidine rings is 1. The van der Waals surface area contributed by atoms with Crippen molar-refractivity contribution in [3.05, 3.63) is 35.9 Å². The molecule has 3 rings (SSSR count). The van der Waals surface area contributed by atoms with Gasteiger partial charge in [0.1, 0.15) is 0 Å². The number of esters is 1. The third-order valence-corrected chi connectivity index (χ3v) is 5.10. The van der Waals surface area contributed by atoms with Gasteiger partial charge in [-0.05, 0) is 31.7 Å². The first-order valence-electron chi connectivity index (χ1n) is 8.18. The molecule has 22 heavy (non-hydrogen) atoms. The van der Waals surface area contributed by atoms with Crippen LogP contribution in [-0.2, 0) is 20.9 Å². The number of rotatable bonds is 4. The third kappa shape index (κ3) is 2.51. The van der Waals surface area contributed by atoms with Crippen LogP contribution in [0.1, 0.15) is 44.6 Å².